The van der Waals surface area contributed by atoms with Crippen LogP contribution in [0.5, 0.6) is 0 Å². The number of aliphatic carboxylic acids is 1. The van der Waals surface area contributed by atoms with Crippen LogP contribution in [0.3, 0.4) is 0 Å². The van der Waals surface area contributed by atoms with Gasteiger partial charge in [-0.1, -0.05) is 18.5 Å². The van der Waals surface area contributed by atoms with Crippen molar-refractivity contribution in [3.05, 3.63) is 0 Å². The van der Waals surface area contributed by atoms with Crippen molar-refractivity contribution >= 4 is 11.7 Å². The SMILES string of the molecule is CCC1CCCCC1=NOCC(=O)O. The Hall–Kier alpha value is -1.06. The molecule has 1 aliphatic carbocycles. The summed E-state index contributed by atoms with van der Waals surface area (Å²) >= 11 is 0. The topological polar surface area (TPSA) is 58.9 Å². The Bertz CT molecular complexity index is 225. The van der Waals surface area contributed by atoms with Crippen molar-refractivity contribution in [2.24, 2.45) is 11.1 Å². The lowest BCUT2D eigenvalue weighted by Crippen LogP contribution is -2.19. The Labute approximate surface area is 83.9 Å². The Morgan fingerprint density at radius 2 is 2.43 bits per heavy atom. The largest absolute Gasteiger partial charge is 0.479 e. The van der Waals surface area contributed by atoms with Gasteiger partial charge in [-0.2, -0.15) is 0 Å². The van der Waals surface area contributed by atoms with Crippen molar-refractivity contribution in [3.63, 3.8) is 0 Å². The minimum Gasteiger partial charge on any atom is -0.479 e. The highest BCUT2D eigenvalue weighted by Crippen LogP contribution is 2.24. The lowest BCUT2D eigenvalue weighted by atomic mass is 9.86. The number of carboxylic acid groups (broad SMARTS) is 1. The van der Waals surface area contributed by atoms with Crippen LogP contribution in [0, 0.1) is 5.92 Å². The van der Waals surface area contributed by atoms with Gasteiger partial charge in [0, 0.05) is 5.92 Å². The maximum absolute atomic E-state index is 10.2. The predicted molar refractivity (Wildman–Crippen MR) is 53.3 cm³/mol. The molecular formula is C10H17NO3. The summed E-state index contributed by atoms with van der Waals surface area (Å²) in [5.74, 6) is -0.476. The Morgan fingerprint density at radius 3 is 3.07 bits per heavy atom. The number of hydrogen-bond acceptors (Lipinski definition) is 3. The monoisotopic (exact) mass is 199 g/mol. The number of oxime groups is 1. The fourth-order valence-corrected chi connectivity index (χ4v) is 1.80. The third kappa shape index (κ3) is 3.36. The minimum absolute atomic E-state index is 0.333. The summed E-state index contributed by atoms with van der Waals surface area (Å²) in [5, 5.41) is 12.3. The second-order valence-electron chi connectivity index (χ2n) is 3.60. The number of hydrogen-bond donors (Lipinski definition) is 1. The van der Waals surface area contributed by atoms with E-state index in [1.807, 2.05) is 0 Å². The molecule has 1 N–H and O–H groups in total. The predicted octanol–water partition coefficient (Wildman–Crippen LogP) is 2.04. The maximum Gasteiger partial charge on any atom is 0.344 e. The molecule has 80 valence electrons. The number of carbonyl (C=O) groups is 1. The van der Waals surface area contributed by atoms with Crippen LogP contribution in [0.15, 0.2) is 5.16 Å². The van der Waals surface area contributed by atoms with Crippen LogP contribution in [0.4, 0.5) is 0 Å². The van der Waals surface area contributed by atoms with Gasteiger partial charge < -0.3 is 9.94 Å². The zero-order chi connectivity index (χ0) is 10.4. The van der Waals surface area contributed by atoms with Crippen LogP contribution in [0.1, 0.15) is 39.0 Å². The first-order valence-corrected chi connectivity index (χ1v) is 5.14. The van der Waals surface area contributed by atoms with Crippen molar-refractivity contribution in [2.45, 2.75) is 39.0 Å². The van der Waals surface area contributed by atoms with Gasteiger partial charge in [-0.3, -0.25) is 0 Å². The number of nitrogens with zero attached hydrogens (tertiary/aromatic N) is 1. The fraction of sp³-hybridized carbons (Fsp3) is 0.800. The van der Waals surface area contributed by atoms with Crippen LogP contribution < -0.4 is 0 Å². The summed E-state index contributed by atoms with van der Waals surface area (Å²) in [6, 6.07) is 0. The number of rotatable bonds is 4. The van der Waals surface area contributed by atoms with E-state index in [0.717, 1.165) is 31.4 Å². The molecule has 0 aliphatic heterocycles. The fourth-order valence-electron chi connectivity index (χ4n) is 1.80. The molecule has 0 aromatic heterocycles. The third-order valence-electron chi connectivity index (χ3n) is 2.57. The van der Waals surface area contributed by atoms with Crippen LogP contribution >= 0.6 is 0 Å². The molecule has 1 atom stereocenters. The lowest BCUT2D eigenvalue weighted by Gasteiger charge is -2.21. The van der Waals surface area contributed by atoms with Crippen LogP contribution in [-0.4, -0.2) is 23.4 Å². The minimum atomic E-state index is -0.974. The molecule has 4 heteroatoms. The van der Waals surface area contributed by atoms with Crippen molar-refractivity contribution < 1.29 is 14.7 Å². The van der Waals surface area contributed by atoms with E-state index in [1.54, 1.807) is 0 Å². The van der Waals surface area contributed by atoms with E-state index in [9.17, 15) is 4.79 Å². The van der Waals surface area contributed by atoms with E-state index in [-0.39, 0.29) is 6.61 Å². The molecule has 4 nitrogen and oxygen atoms in total. The molecule has 14 heavy (non-hydrogen) atoms. The van der Waals surface area contributed by atoms with Crippen molar-refractivity contribution in [1.82, 2.24) is 0 Å². The molecule has 1 saturated carbocycles. The zero-order valence-corrected chi connectivity index (χ0v) is 8.53. The summed E-state index contributed by atoms with van der Waals surface area (Å²) in [6.07, 6.45) is 5.57. The van der Waals surface area contributed by atoms with Crippen molar-refractivity contribution in [2.75, 3.05) is 6.61 Å². The summed E-state index contributed by atoms with van der Waals surface area (Å²) in [5.41, 5.74) is 1.04. The van der Waals surface area contributed by atoms with Gasteiger partial charge in [0.1, 0.15) is 0 Å². The molecule has 1 fully saturated rings. The highest BCUT2D eigenvalue weighted by atomic mass is 16.6. The second kappa shape index (κ2) is 5.62. The van der Waals surface area contributed by atoms with Gasteiger partial charge >= 0.3 is 5.97 Å². The van der Waals surface area contributed by atoms with Crippen molar-refractivity contribution in [1.29, 1.82) is 0 Å². The van der Waals surface area contributed by atoms with E-state index < -0.39 is 5.97 Å². The van der Waals surface area contributed by atoms with Gasteiger partial charge in [-0.05, 0) is 25.7 Å². The molecule has 0 aromatic rings. The van der Waals surface area contributed by atoms with E-state index >= 15 is 0 Å². The summed E-state index contributed by atoms with van der Waals surface area (Å²) in [4.78, 5) is 15.0. The normalized spacial score (nSPS) is 24.9. The molecule has 0 radical (unpaired) electrons. The highest BCUT2D eigenvalue weighted by molar-refractivity contribution is 5.86. The average Bonchev–Trinajstić information content (AvgIpc) is 2.18. The summed E-state index contributed by atoms with van der Waals surface area (Å²) in [6.45, 7) is 1.79. The van der Waals surface area contributed by atoms with Gasteiger partial charge in [0.25, 0.3) is 0 Å². The average molecular weight is 199 g/mol. The molecule has 0 aromatic carbocycles. The first kappa shape index (κ1) is 11.0. The molecule has 0 amide bonds. The molecule has 0 spiro atoms. The van der Waals surface area contributed by atoms with E-state index in [2.05, 4.69) is 12.1 Å². The van der Waals surface area contributed by atoms with Gasteiger partial charge in [0.05, 0.1) is 5.71 Å². The summed E-state index contributed by atoms with van der Waals surface area (Å²) < 4.78 is 0. The molecule has 1 rings (SSSR count). The zero-order valence-electron chi connectivity index (χ0n) is 8.53. The smallest absolute Gasteiger partial charge is 0.344 e. The van der Waals surface area contributed by atoms with Gasteiger partial charge in [-0.15, -0.1) is 0 Å². The van der Waals surface area contributed by atoms with Crippen LogP contribution in [-0.2, 0) is 9.63 Å². The molecule has 0 saturated heterocycles. The Morgan fingerprint density at radius 1 is 1.64 bits per heavy atom. The van der Waals surface area contributed by atoms with Gasteiger partial charge in [0.15, 0.2) is 0 Å². The highest BCUT2D eigenvalue weighted by Gasteiger charge is 2.19. The molecule has 0 bridgehead atoms. The Balaban J connectivity index is 2.41. The first-order chi connectivity index (χ1) is 6.74. The number of carboxylic acids is 1. The molecule has 1 aliphatic rings. The molecular weight excluding hydrogens is 182 g/mol. The quantitative estimate of drug-likeness (QED) is 0.705. The second-order valence-corrected chi connectivity index (χ2v) is 3.60. The van der Waals surface area contributed by atoms with Gasteiger partial charge in [0.2, 0.25) is 6.61 Å². The van der Waals surface area contributed by atoms with E-state index in [0.29, 0.717) is 5.92 Å². The third-order valence-corrected chi connectivity index (χ3v) is 2.57. The Kier molecular flexibility index (Phi) is 4.43. The van der Waals surface area contributed by atoms with Crippen molar-refractivity contribution in [3.8, 4) is 0 Å². The van der Waals surface area contributed by atoms with Crippen LogP contribution in [0.2, 0.25) is 0 Å². The van der Waals surface area contributed by atoms with Gasteiger partial charge in [-0.25, -0.2) is 4.79 Å². The standard InChI is InChI=1S/C10H17NO3/c1-2-8-5-3-4-6-9(8)11-14-7-10(12)13/h8H,2-7H2,1H3,(H,12,13). The van der Waals surface area contributed by atoms with Crippen LogP contribution in [0.25, 0.3) is 0 Å². The first-order valence-electron chi connectivity index (χ1n) is 5.14. The molecule has 1 unspecified atom stereocenters. The van der Waals surface area contributed by atoms with E-state index in [1.165, 1.54) is 6.42 Å². The lowest BCUT2D eigenvalue weighted by molar-refractivity contribution is -0.142. The van der Waals surface area contributed by atoms with E-state index in [4.69, 9.17) is 9.94 Å². The maximum atomic E-state index is 10.2. The summed E-state index contributed by atoms with van der Waals surface area (Å²) in [7, 11) is 0. The molecule has 0 heterocycles.